The smallest absolute Gasteiger partial charge is 0.435 e. The topological polar surface area (TPSA) is 73.2 Å². The van der Waals surface area contributed by atoms with Gasteiger partial charge >= 0.3 is 12.1 Å². The number of ether oxygens (including phenoxy) is 1. The van der Waals surface area contributed by atoms with Gasteiger partial charge in [0.15, 0.2) is 5.69 Å². The number of halogens is 3. The SMILES string of the molecule is COC(=O)c1ccc(C)c(NC(=O)Cn2ccc(C(F)(F)F)n2)c1. The molecular formula is C15H14F3N3O3. The van der Waals surface area contributed by atoms with Gasteiger partial charge in [-0.15, -0.1) is 0 Å². The molecule has 1 amide bonds. The largest absolute Gasteiger partial charge is 0.465 e. The summed E-state index contributed by atoms with van der Waals surface area (Å²) in [4.78, 5) is 23.5. The molecule has 0 radical (unpaired) electrons. The molecule has 6 nitrogen and oxygen atoms in total. The van der Waals surface area contributed by atoms with Crippen LogP contribution >= 0.6 is 0 Å². The van der Waals surface area contributed by atoms with Gasteiger partial charge < -0.3 is 10.1 Å². The number of hydrogen-bond donors (Lipinski definition) is 1. The third kappa shape index (κ3) is 4.12. The summed E-state index contributed by atoms with van der Waals surface area (Å²) in [5.74, 6) is -1.13. The zero-order valence-electron chi connectivity index (χ0n) is 12.8. The molecule has 0 atom stereocenters. The van der Waals surface area contributed by atoms with Gasteiger partial charge in [0.05, 0.1) is 12.7 Å². The number of aromatic nitrogens is 2. The lowest BCUT2D eigenvalue weighted by Gasteiger charge is -2.10. The molecule has 0 spiro atoms. The highest BCUT2D eigenvalue weighted by atomic mass is 19.4. The Balaban J connectivity index is 2.10. The lowest BCUT2D eigenvalue weighted by molar-refractivity contribution is -0.141. The normalized spacial score (nSPS) is 11.2. The van der Waals surface area contributed by atoms with Crippen LogP contribution in [0.2, 0.25) is 0 Å². The summed E-state index contributed by atoms with van der Waals surface area (Å²) in [6, 6.07) is 5.39. The van der Waals surface area contributed by atoms with E-state index in [1.165, 1.54) is 13.2 Å². The van der Waals surface area contributed by atoms with Crippen molar-refractivity contribution in [3.05, 3.63) is 47.3 Å². The molecule has 2 rings (SSSR count). The van der Waals surface area contributed by atoms with Crippen molar-refractivity contribution in [2.45, 2.75) is 19.6 Å². The Kier molecular flexibility index (Phi) is 4.91. The highest BCUT2D eigenvalue weighted by Crippen LogP contribution is 2.27. The van der Waals surface area contributed by atoms with E-state index in [0.29, 0.717) is 11.3 Å². The Hall–Kier alpha value is -2.84. The summed E-state index contributed by atoms with van der Waals surface area (Å²) in [7, 11) is 1.23. The van der Waals surface area contributed by atoms with Crippen molar-refractivity contribution in [1.82, 2.24) is 9.78 Å². The third-order valence-corrected chi connectivity index (χ3v) is 3.17. The minimum atomic E-state index is -4.56. The molecule has 9 heteroatoms. The van der Waals surface area contributed by atoms with Crippen LogP contribution in [0.25, 0.3) is 0 Å². The number of carbonyl (C=O) groups is 2. The number of aryl methyl sites for hydroxylation is 1. The van der Waals surface area contributed by atoms with E-state index in [4.69, 9.17) is 0 Å². The van der Waals surface area contributed by atoms with E-state index in [2.05, 4.69) is 15.2 Å². The first-order chi connectivity index (χ1) is 11.2. The summed E-state index contributed by atoms with van der Waals surface area (Å²) < 4.78 is 42.9. The van der Waals surface area contributed by atoms with E-state index in [9.17, 15) is 22.8 Å². The third-order valence-electron chi connectivity index (χ3n) is 3.17. The van der Waals surface area contributed by atoms with Crippen molar-refractivity contribution >= 4 is 17.6 Å². The first-order valence-corrected chi connectivity index (χ1v) is 6.80. The van der Waals surface area contributed by atoms with Crippen molar-refractivity contribution in [3.63, 3.8) is 0 Å². The van der Waals surface area contributed by atoms with Gasteiger partial charge in [-0.2, -0.15) is 18.3 Å². The van der Waals surface area contributed by atoms with Crippen molar-refractivity contribution in [1.29, 1.82) is 0 Å². The number of carbonyl (C=O) groups excluding carboxylic acids is 2. The molecule has 1 N–H and O–H groups in total. The van der Waals surface area contributed by atoms with E-state index in [1.54, 1.807) is 19.1 Å². The fraction of sp³-hybridized carbons (Fsp3) is 0.267. The van der Waals surface area contributed by atoms with E-state index in [-0.39, 0.29) is 5.56 Å². The average molecular weight is 341 g/mol. The van der Waals surface area contributed by atoms with Crippen molar-refractivity contribution in [3.8, 4) is 0 Å². The van der Waals surface area contributed by atoms with Crippen LogP contribution in [-0.2, 0) is 22.3 Å². The molecule has 0 saturated carbocycles. The zero-order valence-corrected chi connectivity index (χ0v) is 12.8. The molecule has 0 aliphatic carbocycles. The highest BCUT2D eigenvalue weighted by molar-refractivity contribution is 5.95. The van der Waals surface area contributed by atoms with E-state index in [0.717, 1.165) is 16.9 Å². The molecule has 0 unspecified atom stereocenters. The van der Waals surface area contributed by atoms with E-state index < -0.39 is 30.3 Å². The zero-order chi connectivity index (χ0) is 17.9. The highest BCUT2D eigenvalue weighted by Gasteiger charge is 2.33. The number of anilines is 1. The van der Waals surface area contributed by atoms with Gasteiger partial charge in [0.1, 0.15) is 6.54 Å². The maximum Gasteiger partial charge on any atom is 0.435 e. The predicted octanol–water partition coefficient (Wildman–Crippen LogP) is 2.64. The fourth-order valence-corrected chi connectivity index (χ4v) is 1.94. The Morgan fingerprint density at radius 2 is 2.00 bits per heavy atom. The first kappa shape index (κ1) is 17.5. The Morgan fingerprint density at radius 3 is 2.58 bits per heavy atom. The van der Waals surface area contributed by atoms with Crippen LogP contribution < -0.4 is 5.32 Å². The molecule has 0 aliphatic heterocycles. The lowest BCUT2D eigenvalue weighted by Crippen LogP contribution is -2.20. The Morgan fingerprint density at radius 1 is 1.29 bits per heavy atom. The minimum absolute atomic E-state index is 0.247. The summed E-state index contributed by atoms with van der Waals surface area (Å²) in [6.07, 6.45) is -3.49. The molecule has 0 bridgehead atoms. The second kappa shape index (κ2) is 6.73. The molecule has 2 aromatic rings. The number of amides is 1. The average Bonchev–Trinajstić information content (AvgIpc) is 2.97. The second-order valence-electron chi connectivity index (χ2n) is 4.97. The molecule has 1 heterocycles. The number of nitrogens with zero attached hydrogens (tertiary/aromatic N) is 2. The number of alkyl halides is 3. The van der Waals surface area contributed by atoms with Gasteiger partial charge in [-0.1, -0.05) is 6.07 Å². The maximum atomic E-state index is 12.5. The number of nitrogens with one attached hydrogen (secondary N) is 1. The standard InChI is InChI=1S/C15H14F3N3O3/c1-9-3-4-10(14(23)24-2)7-11(9)19-13(22)8-21-6-5-12(20-21)15(16,17)18/h3-7H,8H2,1-2H3,(H,19,22). The van der Waals surface area contributed by atoms with Crippen molar-refractivity contribution < 1.29 is 27.5 Å². The van der Waals surface area contributed by atoms with E-state index >= 15 is 0 Å². The molecule has 1 aromatic carbocycles. The van der Waals surface area contributed by atoms with Crippen LogP contribution in [0, 0.1) is 6.92 Å². The van der Waals surface area contributed by atoms with Crippen molar-refractivity contribution in [2.75, 3.05) is 12.4 Å². The van der Waals surface area contributed by atoms with Crippen LogP contribution in [0.3, 0.4) is 0 Å². The van der Waals surface area contributed by atoms with Gasteiger partial charge in [-0.3, -0.25) is 9.48 Å². The summed E-state index contributed by atoms with van der Waals surface area (Å²) in [6.45, 7) is 1.32. The van der Waals surface area contributed by atoms with Crippen LogP contribution in [0.15, 0.2) is 30.5 Å². The molecule has 128 valence electrons. The molecular weight excluding hydrogens is 327 g/mol. The quantitative estimate of drug-likeness (QED) is 0.868. The summed E-state index contributed by atoms with van der Waals surface area (Å²) >= 11 is 0. The van der Waals surface area contributed by atoms with E-state index in [1.807, 2.05) is 0 Å². The van der Waals surface area contributed by atoms with Crippen LogP contribution in [0.4, 0.5) is 18.9 Å². The number of benzene rings is 1. The second-order valence-corrected chi connectivity index (χ2v) is 4.97. The first-order valence-electron chi connectivity index (χ1n) is 6.80. The van der Waals surface area contributed by atoms with Gasteiger partial charge in [-0.25, -0.2) is 4.79 Å². The maximum absolute atomic E-state index is 12.5. The summed E-state index contributed by atoms with van der Waals surface area (Å²) in [5, 5.41) is 5.84. The molecule has 0 fully saturated rings. The molecule has 0 aliphatic rings. The summed E-state index contributed by atoms with van der Waals surface area (Å²) in [5.41, 5.74) is 0.231. The van der Waals surface area contributed by atoms with Crippen molar-refractivity contribution in [2.24, 2.45) is 0 Å². The number of rotatable bonds is 4. The number of methoxy groups -OCH3 is 1. The van der Waals surface area contributed by atoms with Crippen LogP contribution in [0.5, 0.6) is 0 Å². The minimum Gasteiger partial charge on any atom is -0.465 e. The predicted molar refractivity (Wildman–Crippen MR) is 78.4 cm³/mol. The monoisotopic (exact) mass is 341 g/mol. The Labute approximate surface area is 135 Å². The van der Waals surface area contributed by atoms with Crippen LogP contribution in [-0.4, -0.2) is 28.8 Å². The fourth-order valence-electron chi connectivity index (χ4n) is 1.94. The molecule has 24 heavy (non-hydrogen) atoms. The van der Waals surface area contributed by atoms with Gasteiger partial charge in [0.25, 0.3) is 0 Å². The van der Waals surface area contributed by atoms with Gasteiger partial charge in [-0.05, 0) is 30.7 Å². The lowest BCUT2D eigenvalue weighted by atomic mass is 10.1. The number of esters is 1. The Bertz CT molecular complexity index is 769. The van der Waals surface area contributed by atoms with Gasteiger partial charge in [0.2, 0.25) is 5.91 Å². The molecule has 0 saturated heterocycles. The van der Waals surface area contributed by atoms with Gasteiger partial charge in [0, 0.05) is 11.9 Å². The number of hydrogen-bond acceptors (Lipinski definition) is 4. The molecule has 1 aromatic heterocycles. The van der Waals surface area contributed by atoms with Crippen LogP contribution in [0.1, 0.15) is 21.6 Å².